The summed E-state index contributed by atoms with van der Waals surface area (Å²) in [6, 6.07) is 9.84. The number of nitrogens with zero attached hydrogens (tertiary/aromatic N) is 6. The predicted molar refractivity (Wildman–Crippen MR) is 132 cm³/mol. The van der Waals surface area contributed by atoms with E-state index in [-0.39, 0.29) is 37.5 Å². The molecule has 1 saturated heterocycles. The molecular formula is C26H24FN7O3. The van der Waals surface area contributed by atoms with Crippen molar-refractivity contribution in [3.8, 4) is 11.1 Å². The van der Waals surface area contributed by atoms with Crippen molar-refractivity contribution in [3.63, 3.8) is 0 Å². The lowest BCUT2D eigenvalue weighted by molar-refractivity contribution is -0.139. The van der Waals surface area contributed by atoms with Crippen LogP contribution < -0.4 is 5.32 Å². The summed E-state index contributed by atoms with van der Waals surface area (Å²) in [6.07, 6.45) is 5.04. The summed E-state index contributed by atoms with van der Waals surface area (Å²) in [7, 11) is 0. The molecule has 1 aromatic carbocycles. The molecule has 0 aliphatic carbocycles. The number of hydrogen-bond donors (Lipinski definition) is 1. The van der Waals surface area contributed by atoms with Crippen LogP contribution in [0.4, 0.5) is 4.39 Å². The number of nitrogens with one attached hydrogen (secondary N) is 1. The van der Waals surface area contributed by atoms with E-state index < -0.39 is 24.0 Å². The van der Waals surface area contributed by atoms with Crippen molar-refractivity contribution in [3.05, 3.63) is 72.4 Å². The van der Waals surface area contributed by atoms with E-state index in [0.29, 0.717) is 10.9 Å². The number of hydrogen-bond acceptors (Lipinski definition) is 7. The van der Waals surface area contributed by atoms with Crippen molar-refractivity contribution in [1.29, 1.82) is 0 Å². The summed E-state index contributed by atoms with van der Waals surface area (Å²) in [5.74, 6) is -1.12. The van der Waals surface area contributed by atoms with E-state index >= 15 is 0 Å². The van der Waals surface area contributed by atoms with Gasteiger partial charge >= 0.3 is 0 Å². The summed E-state index contributed by atoms with van der Waals surface area (Å²) in [5.41, 5.74) is 3.29. The van der Waals surface area contributed by atoms with E-state index in [4.69, 9.17) is 0 Å². The summed E-state index contributed by atoms with van der Waals surface area (Å²) >= 11 is 0. The van der Waals surface area contributed by atoms with Gasteiger partial charge in [0.2, 0.25) is 11.8 Å². The van der Waals surface area contributed by atoms with Crippen LogP contribution in [-0.4, -0.2) is 66.2 Å². The van der Waals surface area contributed by atoms with E-state index in [2.05, 4.69) is 25.6 Å². The number of amides is 2. The highest BCUT2D eigenvalue weighted by atomic mass is 19.1. The van der Waals surface area contributed by atoms with Gasteiger partial charge in [-0.15, -0.1) is 0 Å². The average molecular weight is 502 g/mol. The third-order valence-corrected chi connectivity index (χ3v) is 6.38. The van der Waals surface area contributed by atoms with Gasteiger partial charge < -0.3 is 10.2 Å². The topological polar surface area (TPSA) is 123 Å². The zero-order valence-electron chi connectivity index (χ0n) is 20.0. The predicted octanol–water partition coefficient (Wildman–Crippen LogP) is 2.35. The van der Waals surface area contributed by atoms with Crippen LogP contribution in [0.25, 0.3) is 22.0 Å². The van der Waals surface area contributed by atoms with Gasteiger partial charge in [-0.05, 0) is 41.5 Å². The number of carbonyl (C=O) groups is 3. The molecule has 1 fully saturated rings. The van der Waals surface area contributed by atoms with E-state index in [9.17, 15) is 18.8 Å². The molecule has 4 aromatic rings. The van der Waals surface area contributed by atoms with E-state index in [1.54, 1.807) is 49.1 Å². The quantitative estimate of drug-likeness (QED) is 0.386. The minimum Gasteiger partial charge on any atom is -0.350 e. The van der Waals surface area contributed by atoms with Gasteiger partial charge in [-0.1, -0.05) is 6.07 Å². The first-order chi connectivity index (χ1) is 17.9. The van der Waals surface area contributed by atoms with Gasteiger partial charge in [-0.3, -0.25) is 24.0 Å². The molecule has 2 atom stereocenters. The number of carbonyl (C=O) groups excluding carboxylic acids is 3. The van der Waals surface area contributed by atoms with E-state index in [1.165, 1.54) is 16.5 Å². The molecule has 1 N–H and O–H groups in total. The largest absolute Gasteiger partial charge is 0.350 e. The highest BCUT2D eigenvalue weighted by molar-refractivity contribution is 6.06. The highest BCUT2D eigenvalue weighted by Crippen LogP contribution is 2.27. The molecule has 0 bridgehead atoms. The lowest BCUT2D eigenvalue weighted by Gasteiger charge is -2.23. The normalized spacial score (nSPS) is 17.2. The zero-order chi connectivity index (χ0) is 25.9. The Bertz CT molecular complexity index is 1460. The number of fused-ring (bicyclic) bond motifs is 1. The second kappa shape index (κ2) is 10.2. The second-order valence-electron chi connectivity index (χ2n) is 8.89. The molecule has 4 heterocycles. The molecule has 1 aliphatic heterocycles. The number of pyridine rings is 1. The number of alkyl halides is 1. The van der Waals surface area contributed by atoms with Gasteiger partial charge in [0.05, 0.1) is 24.5 Å². The summed E-state index contributed by atoms with van der Waals surface area (Å²) in [6.45, 7) is 1.24. The first-order valence-corrected chi connectivity index (χ1v) is 11.8. The third-order valence-electron chi connectivity index (χ3n) is 6.38. The van der Waals surface area contributed by atoms with Crippen LogP contribution in [0.2, 0.25) is 0 Å². The van der Waals surface area contributed by atoms with Crippen LogP contribution in [0.5, 0.6) is 0 Å². The Morgan fingerprint density at radius 1 is 1.05 bits per heavy atom. The monoisotopic (exact) mass is 501 g/mol. The minimum atomic E-state index is -1.31. The average Bonchev–Trinajstić information content (AvgIpc) is 3.49. The molecule has 5 rings (SSSR count). The van der Waals surface area contributed by atoms with Crippen molar-refractivity contribution in [1.82, 2.24) is 35.2 Å². The fourth-order valence-corrected chi connectivity index (χ4v) is 4.54. The van der Waals surface area contributed by atoms with Crippen LogP contribution in [0.15, 0.2) is 61.2 Å². The summed E-state index contributed by atoms with van der Waals surface area (Å²) < 4.78 is 15.8. The summed E-state index contributed by atoms with van der Waals surface area (Å²) in [4.78, 5) is 43.6. The Morgan fingerprint density at radius 2 is 1.86 bits per heavy atom. The van der Waals surface area contributed by atoms with Gasteiger partial charge in [0.25, 0.3) is 0 Å². The number of ketones is 1. The lowest BCUT2D eigenvalue weighted by atomic mass is 10.0. The second-order valence-corrected chi connectivity index (χ2v) is 8.89. The fraction of sp³-hybridized carbons (Fsp3) is 0.269. The number of aromatic nitrogens is 5. The smallest absolute Gasteiger partial charge is 0.245 e. The van der Waals surface area contributed by atoms with Crippen LogP contribution in [0.3, 0.4) is 0 Å². The minimum absolute atomic E-state index is 0.0736. The van der Waals surface area contributed by atoms with Crippen molar-refractivity contribution in [2.45, 2.75) is 38.6 Å². The highest BCUT2D eigenvalue weighted by Gasteiger charge is 2.39. The molecule has 37 heavy (non-hydrogen) atoms. The number of halogens is 1. The Kier molecular flexibility index (Phi) is 6.67. The van der Waals surface area contributed by atoms with Gasteiger partial charge in [-0.25, -0.2) is 4.39 Å². The maximum atomic E-state index is 14.4. The van der Waals surface area contributed by atoms with Crippen molar-refractivity contribution in [2.24, 2.45) is 0 Å². The van der Waals surface area contributed by atoms with Gasteiger partial charge in [0.15, 0.2) is 5.78 Å². The Balaban J connectivity index is 1.37. The number of rotatable bonds is 7. The molecule has 1 aliphatic rings. The molecule has 0 spiro atoms. The van der Waals surface area contributed by atoms with Crippen molar-refractivity contribution in [2.75, 3.05) is 6.54 Å². The van der Waals surface area contributed by atoms with Crippen molar-refractivity contribution < 1.29 is 18.8 Å². The third kappa shape index (κ3) is 5.06. The molecule has 3 aromatic heterocycles. The molecule has 11 heteroatoms. The SMILES string of the molecule is CC(=O)c1nn(CC(=O)N2C[C@H](F)C[C@H]2C(=O)NCc2ccncc2)c2ccc(-c3ccnnc3)cc12. The number of likely N-dealkylation sites (tertiary alicyclic amines) is 1. The first kappa shape index (κ1) is 24.2. The Labute approximate surface area is 211 Å². The van der Waals surface area contributed by atoms with Gasteiger partial charge in [0.1, 0.15) is 24.5 Å². The first-order valence-electron chi connectivity index (χ1n) is 11.8. The van der Waals surface area contributed by atoms with Crippen LogP contribution in [-0.2, 0) is 22.7 Å². The number of benzene rings is 1. The lowest BCUT2D eigenvalue weighted by Crippen LogP contribution is -2.46. The molecule has 2 amide bonds. The molecule has 0 saturated carbocycles. The molecule has 10 nitrogen and oxygen atoms in total. The maximum absolute atomic E-state index is 14.4. The van der Waals surface area contributed by atoms with E-state index in [1.807, 2.05) is 12.1 Å². The molecular weight excluding hydrogens is 477 g/mol. The number of Topliss-reactive ketones (excluding diaryl/α,β-unsaturated/α-hetero) is 1. The Hall–Kier alpha value is -4.54. The fourth-order valence-electron chi connectivity index (χ4n) is 4.54. The zero-order valence-corrected chi connectivity index (χ0v) is 20.0. The van der Waals surface area contributed by atoms with Crippen LogP contribution >= 0.6 is 0 Å². The van der Waals surface area contributed by atoms with Crippen LogP contribution in [0.1, 0.15) is 29.4 Å². The van der Waals surface area contributed by atoms with Gasteiger partial charge in [-0.2, -0.15) is 15.3 Å². The molecule has 188 valence electrons. The van der Waals surface area contributed by atoms with Crippen molar-refractivity contribution >= 4 is 28.5 Å². The standard InChI is InChI=1S/C26H24FN7O3/c1-16(35)25-21-10-18(19-6-9-30-31-13-19)2-3-22(21)34(32-25)15-24(36)33-14-20(27)11-23(33)26(37)29-12-17-4-7-28-8-5-17/h2-10,13,20,23H,11-12,14-15H2,1H3,(H,29,37)/t20-,23+/m1/s1. The maximum Gasteiger partial charge on any atom is 0.245 e. The van der Waals surface area contributed by atoms with E-state index in [0.717, 1.165) is 16.7 Å². The summed E-state index contributed by atoms with van der Waals surface area (Å²) in [5, 5.41) is 15.4. The Morgan fingerprint density at radius 3 is 2.59 bits per heavy atom. The molecule has 0 unspecified atom stereocenters. The van der Waals surface area contributed by atoms with Crippen LogP contribution in [0, 0.1) is 0 Å². The van der Waals surface area contributed by atoms with Gasteiger partial charge in [0, 0.05) is 43.2 Å². The molecule has 0 radical (unpaired) electrons.